The second kappa shape index (κ2) is 10.4. The second-order valence-electron chi connectivity index (χ2n) is 5.46. The zero-order valence-corrected chi connectivity index (χ0v) is 13.3. The first-order valence-corrected chi connectivity index (χ1v) is 6.62. The number of hydrogen-bond acceptors (Lipinski definition) is 4. The molecule has 0 aromatic heterocycles. The van der Waals surface area contributed by atoms with Gasteiger partial charge >= 0.3 is 0 Å². The van der Waals surface area contributed by atoms with E-state index in [-0.39, 0.29) is 31.5 Å². The molecule has 0 heterocycles. The van der Waals surface area contributed by atoms with E-state index in [2.05, 4.69) is 5.32 Å². The van der Waals surface area contributed by atoms with Gasteiger partial charge in [0.2, 0.25) is 5.91 Å². The molecular formula is C13H29ClN2O3. The molecule has 0 aromatic rings. The number of hydrogen-bond donors (Lipinski definition) is 3. The normalized spacial score (nSPS) is 15.5. The van der Waals surface area contributed by atoms with Crippen molar-refractivity contribution in [1.82, 2.24) is 5.32 Å². The fourth-order valence-corrected chi connectivity index (χ4v) is 1.54. The van der Waals surface area contributed by atoms with Crippen LogP contribution in [0.15, 0.2) is 0 Å². The molecule has 2 unspecified atom stereocenters. The highest BCUT2D eigenvalue weighted by Crippen LogP contribution is 2.08. The summed E-state index contributed by atoms with van der Waals surface area (Å²) in [5.74, 6) is 0.205. The Hall–Kier alpha value is -0.360. The number of nitrogens with two attached hydrogens (primary N) is 1. The molecule has 0 aliphatic rings. The molecule has 5 nitrogen and oxygen atoms in total. The predicted molar refractivity (Wildman–Crippen MR) is 79.4 cm³/mol. The average molecular weight is 297 g/mol. The highest BCUT2D eigenvalue weighted by molar-refractivity contribution is 5.85. The largest absolute Gasteiger partial charge is 0.389 e. The average Bonchev–Trinajstić information content (AvgIpc) is 2.25. The topological polar surface area (TPSA) is 84.6 Å². The molecule has 4 N–H and O–H groups in total. The smallest absolute Gasteiger partial charge is 0.239 e. The van der Waals surface area contributed by atoms with E-state index in [1.807, 2.05) is 20.8 Å². The van der Waals surface area contributed by atoms with Crippen LogP contribution in [0.2, 0.25) is 0 Å². The van der Waals surface area contributed by atoms with Gasteiger partial charge in [0.15, 0.2) is 0 Å². The van der Waals surface area contributed by atoms with E-state index in [4.69, 9.17) is 10.5 Å². The maximum atomic E-state index is 11.8. The van der Waals surface area contributed by atoms with Gasteiger partial charge in [0.25, 0.3) is 0 Å². The van der Waals surface area contributed by atoms with Gasteiger partial charge < -0.3 is 20.9 Å². The van der Waals surface area contributed by atoms with E-state index >= 15 is 0 Å². The van der Waals surface area contributed by atoms with E-state index in [9.17, 15) is 9.90 Å². The Labute approximate surface area is 122 Å². The van der Waals surface area contributed by atoms with Crippen molar-refractivity contribution in [3.8, 4) is 0 Å². The molecule has 0 bridgehead atoms. The number of amides is 1. The number of carbonyl (C=O) groups is 1. The number of halogens is 1. The van der Waals surface area contributed by atoms with Gasteiger partial charge in [-0.15, -0.1) is 12.4 Å². The van der Waals surface area contributed by atoms with Gasteiger partial charge in [-0.3, -0.25) is 4.79 Å². The SMILES string of the molecule is CCCC(C)(N)C(=O)NCC(O)COCC(C)C.Cl. The lowest BCUT2D eigenvalue weighted by atomic mass is 9.96. The molecule has 0 saturated heterocycles. The Balaban J connectivity index is 0. The third kappa shape index (κ3) is 10.1. The molecule has 6 heteroatoms. The summed E-state index contributed by atoms with van der Waals surface area (Å²) < 4.78 is 5.29. The van der Waals surface area contributed by atoms with E-state index in [1.54, 1.807) is 6.92 Å². The number of ether oxygens (including phenoxy) is 1. The van der Waals surface area contributed by atoms with Crippen LogP contribution in [0.4, 0.5) is 0 Å². The quantitative estimate of drug-likeness (QED) is 0.594. The molecule has 0 radical (unpaired) electrons. The van der Waals surface area contributed by atoms with Crippen molar-refractivity contribution in [1.29, 1.82) is 0 Å². The number of rotatable bonds is 9. The molecule has 0 aromatic carbocycles. The predicted octanol–water partition coefficient (Wildman–Crippen LogP) is 1.08. The number of aliphatic hydroxyl groups excluding tert-OH is 1. The van der Waals surface area contributed by atoms with Gasteiger partial charge in [-0.25, -0.2) is 0 Å². The van der Waals surface area contributed by atoms with Gasteiger partial charge in [-0.2, -0.15) is 0 Å². The second-order valence-corrected chi connectivity index (χ2v) is 5.46. The standard InChI is InChI=1S/C13H28N2O3.ClH/c1-5-6-13(4,14)12(17)15-7-11(16)9-18-8-10(2)3;/h10-11,16H,5-9,14H2,1-4H3,(H,15,17);1H. The highest BCUT2D eigenvalue weighted by Gasteiger charge is 2.27. The summed E-state index contributed by atoms with van der Waals surface area (Å²) in [6, 6.07) is 0. The summed E-state index contributed by atoms with van der Waals surface area (Å²) in [5.41, 5.74) is 5.00. The summed E-state index contributed by atoms with van der Waals surface area (Å²) >= 11 is 0. The van der Waals surface area contributed by atoms with Crippen molar-refractivity contribution >= 4 is 18.3 Å². The van der Waals surface area contributed by atoms with E-state index < -0.39 is 11.6 Å². The van der Waals surface area contributed by atoms with Gasteiger partial charge in [0, 0.05) is 13.2 Å². The third-order valence-electron chi connectivity index (χ3n) is 2.55. The van der Waals surface area contributed by atoms with Crippen LogP contribution in [-0.4, -0.2) is 42.4 Å². The maximum Gasteiger partial charge on any atom is 0.239 e. The minimum atomic E-state index is -0.868. The van der Waals surface area contributed by atoms with Crippen LogP contribution in [0.1, 0.15) is 40.5 Å². The van der Waals surface area contributed by atoms with Gasteiger partial charge in [-0.1, -0.05) is 27.2 Å². The lowest BCUT2D eigenvalue weighted by Crippen LogP contribution is -2.53. The van der Waals surface area contributed by atoms with Gasteiger partial charge in [0.1, 0.15) is 0 Å². The van der Waals surface area contributed by atoms with Crippen molar-refractivity contribution in [2.45, 2.75) is 52.2 Å². The summed E-state index contributed by atoms with van der Waals surface area (Å²) in [5, 5.41) is 12.3. The molecule has 1 amide bonds. The summed E-state index contributed by atoms with van der Waals surface area (Å²) in [4.78, 5) is 11.8. The van der Waals surface area contributed by atoms with Crippen LogP contribution >= 0.6 is 12.4 Å². The Morgan fingerprint density at radius 1 is 1.42 bits per heavy atom. The molecule has 0 rings (SSSR count). The Kier molecular flexibility index (Phi) is 11.5. The van der Waals surface area contributed by atoms with Crippen molar-refractivity contribution in [3.63, 3.8) is 0 Å². The minimum Gasteiger partial charge on any atom is -0.389 e. The van der Waals surface area contributed by atoms with Crippen molar-refractivity contribution in [3.05, 3.63) is 0 Å². The Morgan fingerprint density at radius 3 is 2.47 bits per heavy atom. The van der Waals surface area contributed by atoms with Gasteiger partial charge in [-0.05, 0) is 19.3 Å². The zero-order valence-electron chi connectivity index (χ0n) is 12.4. The highest BCUT2D eigenvalue weighted by atomic mass is 35.5. The fourth-order valence-electron chi connectivity index (χ4n) is 1.54. The zero-order chi connectivity index (χ0) is 14.2. The number of nitrogens with one attached hydrogen (secondary N) is 1. The van der Waals surface area contributed by atoms with Crippen molar-refractivity contribution < 1.29 is 14.6 Å². The molecule has 2 atom stereocenters. The third-order valence-corrected chi connectivity index (χ3v) is 2.55. The molecule has 0 aliphatic carbocycles. The first-order valence-electron chi connectivity index (χ1n) is 6.62. The molecule has 19 heavy (non-hydrogen) atoms. The molecular weight excluding hydrogens is 268 g/mol. The lowest BCUT2D eigenvalue weighted by Gasteiger charge is -2.23. The summed E-state index contributed by atoms with van der Waals surface area (Å²) in [6.07, 6.45) is 0.782. The molecule has 116 valence electrons. The molecule has 0 saturated carbocycles. The summed E-state index contributed by atoms with van der Waals surface area (Å²) in [6.45, 7) is 8.77. The van der Waals surface area contributed by atoms with Crippen LogP contribution in [0.3, 0.4) is 0 Å². The minimum absolute atomic E-state index is 0. The molecule has 0 fully saturated rings. The monoisotopic (exact) mass is 296 g/mol. The van der Waals surface area contributed by atoms with Crippen LogP contribution < -0.4 is 11.1 Å². The van der Waals surface area contributed by atoms with Crippen LogP contribution in [0.5, 0.6) is 0 Å². The van der Waals surface area contributed by atoms with Crippen LogP contribution in [0, 0.1) is 5.92 Å². The number of carbonyl (C=O) groups excluding carboxylic acids is 1. The molecule has 0 aliphatic heterocycles. The van der Waals surface area contributed by atoms with Crippen LogP contribution in [0.25, 0.3) is 0 Å². The van der Waals surface area contributed by atoms with Crippen LogP contribution in [-0.2, 0) is 9.53 Å². The van der Waals surface area contributed by atoms with Crippen molar-refractivity contribution in [2.24, 2.45) is 11.7 Å². The Bertz CT molecular complexity index is 248. The van der Waals surface area contributed by atoms with E-state index in [0.717, 1.165) is 6.42 Å². The van der Waals surface area contributed by atoms with E-state index in [0.29, 0.717) is 18.9 Å². The fraction of sp³-hybridized carbons (Fsp3) is 0.923. The maximum absolute atomic E-state index is 11.8. The van der Waals surface area contributed by atoms with E-state index in [1.165, 1.54) is 0 Å². The first-order chi connectivity index (χ1) is 8.29. The Morgan fingerprint density at radius 2 is 2.00 bits per heavy atom. The number of aliphatic hydroxyl groups is 1. The first kappa shape index (κ1) is 20.9. The van der Waals surface area contributed by atoms with Crippen molar-refractivity contribution in [2.75, 3.05) is 19.8 Å². The molecule has 0 spiro atoms. The lowest BCUT2D eigenvalue weighted by molar-refractivity contribution is -0.126. The van der Waals surface area contributed by atoms with Gasteiger partial charge in [0.05, 0.1) is 18.2 Å². The summed E-state index contributed by atoms with van der Waals surface area (Å²) in [7, 11) is 0.